The number of furan rings is 1. The Bertz CT molecular complexity index is 1190. The molecule has 1 aliphatic heterocycles. The van der Waals surface area contributed by atoms with Gasteiger partial charge >= 0.3 is 11.9 Å². The van der Waals surface area contributed by atoms with E-state index in [2.05, 4.69) is 69.3 Å². The number of hydrogen-bond donors (Lipinski definition) is 0. The molecule has 2 atom stereocenters. The molecule has 1 aliphatic rings. The lowest BCUT2D eigenvalue weighted by molar-refractivity contribution is -0.181. The van der Waals surface area contributed by atoms with Crippen molar-refractivity contribution in [1.82, 2.24) is 0 Å². The molecule has 4 rings (SSSR count). The fourth-order valence-corrected chi connectivity index (χ4v) is 12.3. The van der Waals surface area contributed by atoms with Gasteiger partial charge in [0.25, 0.3) is 0 Å². The highest BCUT2D eigenvalue weighted by Gasteiger charge is 2.74. The minimum Gasteiger partial charge on any atom is -0.468 e. The summed E-state index contributed by atoms with van der Waals surface area (Å²) < 4.78 is 23.1. The Morgan fingerprint density at radius 3 is 1.74 bits per heavy atom. The van der Waals surface area contributed by atoms with E-state index < -0.39 is 43.1 Å². The second-order valence-electron chi connectivity index (χ2n) is 11.6. The van der Waals surface area contributed by atoms with Crippen LogP contribution in [0.2, 0.25) is 11.1 Å². The number of esters is 2. The van der Waals surface area contributed by atoms with E-state index in [1.54, 1.807) is 12.1 Å². The molecule has 1 saturated heterocycles. The van der Waals surface area contributed by atoms with Crippen molar-refractivity contribution in [2.45, 2.75) is 57.9 Å². The molecule has 7 heteroatoms. The van der Waals surface area contributed by atoms with Gasteiger partial charge in [0, 0.05) is 5.41 Å². The van der Waals surface area contributed by atoms with Crippen LogP contribution in [0.1, 0.15) is 46.5 Å². The summed E-state index contributed by atoms with van der Waals surface area (Å²) in [5, 5.41) is 2.39. The molecule has 3 aromatic rings. The summed E-state index contributed by atoms with van der Waals surface area (Å²) >= 11 is 0. The van der Waals surface area contributed by atoms with Crippen molar-refractivity contribution in [1.29, 1.82) is 0 Å². The Hall–Kier alpha value is -3.16. The molecule has 202 valence electrons. The lowest BCUT2D eigenvalue weighted by atomic mass is 9.61. The smallest absolute Gasteiger partial charge is 0.327 e. The van der Waals surface area contributed by atoms with Crippen molar-refractivity contribution in [2.75, 3.05) is 14.2 Å². The number of carbonyl (C=O) groups excluding carboxylic acids is 2. The van der Waals surface area contributed by atoms with Gasteiger partial charge in [0.05, 0.1) is 26.6 Å². The molecule has 0 radical (unpaired) electrons. The fraction of sp³-hybridized carbons (Fsp3) is 0.419. The monoisotopic (exact) mass is 534 g/mol. The highest BCUT2D eigenvalue weighted by Crippen LogP contribution is 2.62. The van der Waals surface area contributed by atoms with E-state index in [1.165, 1.54) is 30.9 Å². The number of methoxy groups -OCH3 is 2. The van der Waals surface area contributed by atoms with E-state index in [0.717, 1.165) is 0 Å². The minimum atomic E-state index is -2.63. The first kappa shape index (κ1) is 27.9. The molecule has 0 N–H and O–H groups in total. The topological polar surface area (TPSA) is 75.0 Å². The Kier molecular flexibility index (Phi) is 7.47. The van der Waals surface area contributed by atoms with E-state index in [0.29, 0.717) is 11.8 Å². The highest BCUT2D eigenvalue weighted by atomic mass is 28.3. The predicted molar refractivity (Wildman–Crippen MR) is 149 cm³/mol. The van der Waals surface area contributed by atoms with Gasteiger partial charge in [-0.05, 0) is 23.2 Å². The quantitative estimate of drug-likeness (QED) is 0.237. The average molecular weight is 535 g/mol. The molecule has 6 nitrogen and oxygen atoms in total. The van der Waals surface area contributed by atoms with E-state index in [4.69, 9.17) is 18.6 Å². The van der Waals surface area contributed by atoms with Crippen LogP contribution in [0.5, 0.6) is 0 Å². The van der Waals surface area contributed by atoms with Crippen LogP contribution in [-0.4, -0.2) is 40.3 Å². The largest absolute Gasteiger partial charge is 0.468 e. The Morgan fingerprint density at radius 1 is 0.842 bits per heavy atom. The molecule has 0 bridgehead atoms. The van der Waals surface area contributed by atoms with Gasteiger partial charge in [-0.2, -0.15) is 0 Å². The summed E-state index contributed by atoms with van der Waals surface area (Å²) in [6, 6.07) is 25.2. The molecule has 2 aromatic carbocycles. The predicted octanol–water partition coefficient (Wildman–Crippen LogP) is 5.14. The highest BCUT2D eigenvalue weighted by molar-refractivity contribution is 7.04. The van der Waals surface area contributed by atoms with Crippen LogP contribution in [-0.2, 0) is 23.8 Å². The zero-order chi connectivity index (χ0) is 27.8. The lowest BCUT2D eigenvalue weighted by Crippen LogP contribution is -2.66. The first-order chi connectivity index (χ1) is 18.0. The van der Waals surface area contributed by atoms with Crippen LogP contribution < -0.4 is 10.4 Å². The number of rotatable bonds is 7. The number of benzene rings is 2. The van der Waals surface area contributed by atoms with Crippen LogP contribution in [0.25, 0.3) is 0 Å². The second-order valence-corrected chi connectivity index (χ2v) is 16.5. The van der Waals surface area contributed by atoms with Gasteiger partial charge in [-0.25, -0.2) is 0 Å². The van der Waals surface area contributed by atoms with Gasteiger partial charge in [0.15, 0.2) is 0 Å². The molecule has 0 spiro atoms. The van der Waals surface area contributed by atoms with Crippen LogP contribution in [0.3, 0.4) is 0 Å². The molecule has 0 amide bonds. The molecule has 1 fully saturated rings. The number of carbonyl (C=O) groups is 2. The molecule has 0 saturated carbocycles. The number of ether oxygens (including phenoxy) is 3. The van der Waals surface area contributed by atoms with E-state index in [-0.39, 0.29) is 5.04 Å². The molecular formula is C31H38O6Si. The van der Waals surface area contributed by atoms with Crippen molar-refractivity contribution in [2.24, 2.45) is 10.8 Å². The lowest BCUT2D eigenvalue weighted by Gasteiger charge is -2.47. The molecular weight excluding hydrogens is 496 g/mol. The molecule has 38 heavy (non-hydrogen) atoms. The maximum Gasteiger partial charge on any atom is 0.327 e. The molecule has 1 aromatic heterocycles. The van der Waals surface area contributed by atoms with Crippen molar-refractivity contribution in [3.8, 4) is 0 Å². The van der Waals surface area contributed by atoms with Gasteiger partial charge in [-0.15, -0.1) is 0 Å². The molecule has 0 aliphatic carbocycles. The van der Waals surface area contributed by atoms with E-state index in [9.17, 15) is 9.59 Å². The van der Waals surface area contributed by atoms with Crippen molar-refractivity contribution in [3.05, 3.63) is 84.8 Å². The van der Waals surface area contributed by atoms with Crippen LogP contribution in [0, 0.1) is 10.8 Å². The SMILES string of the molecule is COC(=O)C1(C(=O)OC)C(c2ccco2)OC(C[Si](c2ccccc2)(c2ccccc2)C(C)(C)C)C1(C)C. The molecule has 2 heterocycles. The zero-order valence-electron chi connectivity index (χ0n) is 23.3. The first-order valence-corrected chi connectivity index (χ1v) is 15.2. The third-order valence-electron chi connectivity index (χ3n) is 8.64. The first-order valence-electron chi connectivity index (χ1n) is 12.9. The van der Waals surface area contributed by atoms with Gasteiger partial charge < -0.3 is 18.6 Å². The Labute approximate surface area is 226 Å². The van der Waals surface area contributed by atoms with Gasteiger partial charge in [0.1, 0.15) is 19.9 Å². The maximum atomic E-state index is 13.7. The van der Waals surface area contributed by atoms with E-state index in [1.807, 2.05) is 26.0 Å². The summed E-state index contributed by atoms with van der Waals surface area (Å²) in [7, 11) is -0.0510. The van der Waals surface area contributed by atoms with Gasteiger partial charge in [-0.1, -0.05) is 106 Å². The molecule has 2 unspecified atom stereocenters. The third-order valence-corrected chi connectivity index (χ3v) is 14.8. The summed E-state index contributed by atoms with van der Waals surface area (Å²) in [4.78, 5) is 27.3. The zero-order valence-corrected chi connectivity index (χ0v) is 24.3. The van der Waals surface area contributed by atoms with Crippen molar-refractivity contribution < 1.29 is 28.2 Å². The summed E-state index contributed by atoms with van der Waals surface area (Å²) in [5.74, 6) is -1.000. The summed E-state index contributed by atoms with van der Waals surface area (Å²) in [6.07, 6.45) is 0.0122. The van der Waals surface area contributed by atoms with Gasteiger partial charge in [0.2, 0.25) is 5.41 Å². The Morgan fingerprint density at radius 2 is 1.34 bits per heavy atom. The summed E-state index contributed by atoms with van der Waals surface area (Å²) in [5.41, 5.74) is -2.76. The second kappa shape index (κ2) is 10.2. The normalized spacial score (nSPS) is 20.6. The van der Waals surface area contributed by atoms with Crippen molar-refractivity contribution in [3.63, 3.8) is 0 Å². The Balaban J connectivity index is 1.98. The average Bonchev–Trinajstić information content (AvgIpc) is 3.51. The van der Waals surface area contributed by atoms with E-state index >= 15 is 0 Å². The standard InChI is InChI=1S/C31H38O6Si/c1-29(2,3)38(22-15-10-8-11-16-22,23-17-12-9-13-18-23)21-25-30(4,5)31(27(32)34-6,28(33)35-7)26(37-25)24-19-14-20-36-24/h8-20,25-26H,21H2,1-7H3. The van der Waals surface area contributed by atoms with Crippen LogP contribution in [0.4, 0.5) is 0 Å². The minimum absolute atomic E-state index is 0.142. The van der Waals surface area contributed by atoms with Crippen LogP contribution in [0.15, 0.2) is 83.5 Å². The van der Waals surface area contributed by atoms with Crippen LogP contribution >= 0.6 is 0 Å². The van der Waals surface area contributed by atoms with Crippen molar-refractivity contribution >= 4 is 30.4 Å². The maximum absolute atomic E-state index is 13.7. The summed E-state index contributed by atoms with van der Waals surface area (Å²) in [6.45, 7) is 10.6. The third kappa shape index (κ3) is 4.03. The fourth-order valence-electron chi connectivity index (χ4n) is 6.50. The number of hydrogen-bond acceptors (Lipinski definition) is 6. The van der Waals surface area contributed by atoms with Gasteiger partial charge in [-0.3, -0.25) is 9.59 Å².